The third kappa shape index (κ3) is 2.25. The normalized spacial score (nSPS) is 21.1. The van der Waals surface area contributed by atoms with E-state index in [1.807, 2.05) is 18.2 Å². The summed E-state index contributed by atoms with van der Waals surface area (Å²) < 4.78 is 13.0. The van der Waals surface area contributed by atoms with Gasteiger partial charge in [0.2, 0.25) is 0 Å². The molecule has 3 aromatic heterocycles. The van der Waals surface area contributed by atoms with E-state index in [9.17, 15) is 0 Å². The van der Waals surface area contributed by atoms with Gasteiger partial charge in [0.05, 0.1) is 24.0 Å². The van der Waals surface area contributed by atoms with Crippen LogP contribution in [0, 0.1) is 0 Å². The molecule has 4 rings (SSSR count). The molecule has 1 atom stereocenters. The summed E-state index contributed by atoms with van der Waals surface area (Å²) >= 11 is 0. The topological polar surface area (TPSA) is 88.1 Å². The zero-order valence-corrected chi connectivity index (χ0v) is 12.8. The summed E-state index contributed by atoms with van der Waals surface area (Å²) in [4.78, 5) is 8.84. The van der Waals surface area contributed by atoms with Crippen molar-refractivity contribution in [2.45, 2.75) is 12.0 Å². The van der Waals surface area contributed by atoms with Crippen molar-refractivity contribution < 1.29 is 9.47 Å². The molecule has 1 aliphatic rings. The predicted octanol–water partition coefficient (Wildman–Crippen LogP) is 1.66. The molecule has 0 bridgehead atoms. The molecule has 4 heterocycles. The lowest BCUT2D eigenvalue weighted by atomic mass is 9.98. The van der Waals surface area contributed by atoms with Crippen molar-refractivity contribution in [3.05, 3.63) is 42.4 Å². The van der Waals surface area contributed by atoms with Crippen LogP contribution < -0.4 is 5.73 Å². The van der Waals surface area contributed by atoms with Gasteiger partial charge in [-0.3, -0.25) is 0 Å². The van der Waals surface area contributed by atoms with Crippen LogP contribution in [0.3, 0.4) is 0 Å². The summed E-state index contributed by atoms with van der Waals surface area (Å²) in [6, 6.07) is 7.62. The Balaban J connectivity index is 1.83. The fourth-order valence-corrected chi connectivity index (χ4v) is 2.93. The van der Waals surface area contributed by atoms with Crippen LogP contribution in [0.5, 0.6) is 0 Å². The fraction of sp³-hybridized carbons (Fsp3) is 0.312. The van der Waals surface area contributed by atoms with Crippen LogP contribution in [0.15, 0.2) is 36.7 Å². The molecule has 118 valence electrons. The number of nitrogen functional groups attached to an aromatic ring is 1. The first-order valence-corrected chi connectivity index (χ1v) is 7.42. The van der Waals surface area contributed by atoms with Crippen molar-refractivity contribution >= 4 is 16.7 Å². The van der Waals surface area contributed by atoms with Gasteiger partial charge in [0.15, 0.2) is 5.82 Å². The summed E-state index contributed by atoms with van der Waals surface area (Å²) in [5, 5.41) is 5.32. The molecule has 0 saturated carbocycles. The lowest BCUT2D eigenvalue weighted by molar-refractivity contribution is -0.0246. The Morgan fingerprint density at radius 2 is 2.26 bits per heavy atom. The first-order valence-electron chi connectivity index (χ1n) is 7.42. The van der Waals surface area contributed by atoms with E-state index in [4.69, 9.17) is 20.2 Å². The Kier molecular flexibility index (Phi) is 3.24. The summed E-state index contributed by atoms with van der Waals surface area (Å²) in [6.07, 6.45) is 4.25. The minimum Gasteiger partial charge on any atom is -0.384 e. The molecule has 3 aromatic rings. The maximum atomic E-state index is 5.79. The Labute approximate surface area is 133 Å². The minimum atomic E-state index is -0.487. The Bertz CT molecular complexity index is 855. The summed E-state index contributed by atoms with van der Waals surface area (Å²) in [5.41, 5.74) is 7.03. The molecule has 1 unspecified atom stereocenters. The van der Waals surface area contributed by atoms with Gasteiger partial charge < -0.3 is 15.2 Å². The number of hydrogen-bond donors (Lipinski definition) is 1. The number of anilines is 1. The highest BCUT2D eigenvalue weighted by molar-refractivity contribution is 5.81. The Hall–Kier alpha value is -2.51. The van der Waals surface area contributed by atoms with Crippen LogP contribution in [-0.4, -0.2) is 40.1 Å². The fourth-order valence-electron chi connectivity index (χ4n) is 2.93. The van der Waals surface area contributed by atoms with Crippen molar-refractivity contribution in [2.24, 2.45) is 0 Å². The molecular weight excluding hydrogens is 294 g/mol. The van der Waals surface area contributed by atoms with E-state index < -0.39 is 5.60 Å². The maximum absolute atomic E-state index is 5.79. The van der Waals surface area contributed by atoms with Gasteiger partial charge in [0, 0.05) is 37.8 Å². The molecule has 0 amide bonds. The Morgan fingerprint density at radius 3 is 3.04 bits per heavy atom. The summed E-state index contributed by atoms with van der Waals surface area (Å²) in [6.45, 7) is 1.18. The number of aromatic nitrogens is 4. The van der Waals surface area contributed by atoms with Gasteiger partial charge in [-0.2, -0.15) is 5.10 Å². The molecule has 1 fully saturated rings. The molecule has 0 aromatic carbocycles. The van der Waals surface area contributed by atoms with Crippen LogP contribution in [0.4, 0.5) is 5.82 Å². The molecule has 1 aliphatic heterocycles. The molecule has 2 N–H and O–H groups in total. The second-order valence-corrected chi connectivity index (χ2v) is 5.61. The zero-order valence-electron chi connectivity index (χ0n) is 12.8. The zero-order chi connectivity index (χ0) is 15.9. The van der Waals surface area contributed by atoms with Crippen LogP contribution >= 0.6 is 0 Å². The maximum Gasteiger partial charge on any atom is 0.154 e. The smallest absolute Gasteiger partial charge is 0.154 e. The van der Waals surface area contributed by atoms with Crippen LogP contribution in [0.1, 0.15) is 12.1 Å². The first kappa shape index (κ1) is 14.1. The van der Waals surface area contributed by atoms with E-state index in [1.54, 1.807) is 30.3 Å². The average Bonchev–Trinajstić information content (AvgIpc) is 3.22. The van der Waals surface area contributed by atoms with E-state index in [1.165, 1.54) is 0 Å². The highest BCUT2D eigenvalue weighted by Crippen LogP contribution is 2.33. The molecule has 23 heavy (non-hydrogen) atoms. The van der Waals surface area contributed by atoms with Crippen LogP contribution in [-0.2, 0) is 15.1 Å². The summed E-state index contributed by atoms with van der Waals surface area (Å²) in [5.74, 6) is 1.17. The van der Waals surface area contributed by atoms with E-state index >= 15 is 0 Å². The predicted molar refractivity (Wildman–Crippen MR) is 85.2 cm³/mol. The van der Waals surface area contributed by atoms with E-state index in [0.717, 1.165) is 23.0 Å². The summed E-state index contributed by atoms with van der Waals surface area (Å²) in [7, 11) is 1.69. The molecular formula is C16H17N5O2. The Morgan fingerprint density at radius 1 is 1.35 bits per heavy atom. The van der Waals surface area contributed by atoms with Crippen molar-refractivity contribution in [2.75, 3.05) is 26.1 Å². The van der Waals surface area contributed by atoms with Gasteiger partial charge in [-0.1, -0.05) is 6.07 Å². The van der Waals surface area contributed by atoms with E-state index in [-0.39, 0.29) is 0 Å². The third-order valence-corrected chi connectivity index (χ3v) is 4.27. The van der Waals surface area contributed by atoms with Crippen molar-refractivity contribution in [3.63, 3.8) is 0 Å². The van der Waals surface area contributed by atoms with Gasteiger partial charge in [0.25, 0.3) is 0 Å². The number of hydrogen-bond acceptors (Lipinski definition) is 6. The average molecular weight is 311 g/mol. The molecule has 7 nitrogen and oxygen atoms in total. The van der Waals surface area contributed by atoms with Crippen molar-refractivity contribution in [3.8, 4) is 5.82 Å². The number of rotatable bonds is 3. The second kappa shape index (κ2) is 5.29. The number of methoxy groups -OCH3 is 1. The van der Waals surface area contributed by atoms with Crippen molar-refractivity contribution in [1.82, 2.24) is 19.7 Å². The molecule has 0 aliphatic carbocycles. The third-order valence-electron chi connectivity index (χ3n) is 4.27. The van der Waals surface area contributed by atoms with Gasteiger partial charge in [-0.15, -0.1) is 0 Å². The largest absolute Gasteiger partial charge is 0.384 e. The van der Waals surface area contributed by atoms with E-state index in [0.29, 0.717) is 24.8 Å². The molecule has 0 radical (unpaired) electrons. The minimum absolute atomic E-state index is 0.452. The van der Waals surface area contributed by atoms with Gasteiger partial charge >= 0.3 is 0 Å². The SMILES string of the molecule is COC1(c2cccc(-n3ncc4cnc(N)cc43)n2)CCOC1. The highest BCUT2D eigenvalue weighted by atomic mass is 16.5. The second-order valence-electron chi connectivity index (χ2n) is 5.61. The van der Waals surface area contributed by atoms with Crippen LogP contribution in [0.2, 0.25) is 0 Å². The molecule has 0 spiro atoms. The number of pyridine rings is 2. The molecule has 7 heteroatoms. The first-order chi connectivity index (χ1) is 11.2. The van der Waals surface area contributed by atoms with Gasteiger partial charge in [-0.25, -0.2) is 14.6 Å². The quantitative estimate of drug-likeness (QED) is 0.791. The number of fused-ring (bicyclic) bond motifs is 1. The lowest BCUT2D eigenvalue weighted by Gasteiger charge is -2.25. The molecule has 1 saturated heterocycles. The van der Waals surface area contributed by atoms with E-state index in [2.05, 4.69) is 10.1 Å². The lowest BCUT2D eigenvalue weighted by Crippen LogP contribution is -2.30. The van der Waals surface area contributed by atoms with Gasteiger partial charge in [-0.05, 0) is 12.1 Å². The van der Waals surface area contributed by atoms with Crippen LogP contribution in [0.25, 0.3) is 16.7 Å². The number of nitrogens with zero attached hydrogens (tertiary/aromatic N) is 4. The monoisotopic (exact) mass is 311 g/mol. The standard InChI is InChI=1S/C16H17N5O2/c1-22-16(5-6-23-10-16)13-3-2-4-15(20-13)21-12-7-14(17)18-8-11(12)9-19-21/h2-4,7-9H,5-6,10H2,1H3,(H2,17,18). The number of ether oxygens (including phenoxy) is 2. The number of nitrogens with two attached hydrogens (primary N) is 1. The van der Waals surface area contributed by atoms with Gasteiger partial charge in [0.1, 0.15) is 11.4 Å². The van der Waals surface area contributed by atoms with Crippen molar-refractivity contribution in [1.29, 1.82) is 0 Å². The highest BCUT2D eigenvalue weighted by Gasteiger charge is 2.38.